The van der Waals surface area contributed by atoms with E-state index in [9.17, 15) is 9.59 Å². The number of morpholine rings is 1. The average molecular weight is 360 g/mol. The molecule has 0 aromatic heterocycles. The second-order valence-corrected chi connectivity index (χ2v) is 7.22. The summed E-state index contributed by atoms with van der Waals surface area (Å²) in [6.07, 6.45) is 0.271. The van der Waals surface area contributed by atoms with E-state index in [1.165, 1.54) is 0 Å². The lowest BCUT2D eigenvalue weighted by molar-refractivity contribution is -0.147. The minimum absolute atomic E-state index is 0.0288. The summed E-state index contributed by atoms with van der Waals surface area (Å²) in [6.45, 7) is 6.50. The first-order valence-corrected chi connectivity index (χ1v) is 9.15. The molecule has 3 heterocycles. The molecule has 2 fully saturated rings. The SMILES string of the molecule is CC1CN(C(=O)C2CC(=O)N(c3ccc4c(c3)OCCO4)C2)C(C)CO1. The Hall–Kier alpha value is -2.28. The summed E-state index contributed by atoms with van der Waals surface area (Å²) in [4.78, 5) is 29.0. The van der Waals surface area contributed by atoms with E-state index in [-0.39, 0.29) is 36.3 Å². The predicted octanol–water partition coefficient (Wildman–Crippen LogP) is 1.45. The highest BCUT2D eigenvalue weighted by Crippen LogP contribution is 2.36. The van der Waals surface area contributed by atoms with Gasteiger partial charge in [-0.05, 0) is 26.0 Å². The Morgan fingerprint density at radius 2 is 1.88 bits per heavy atom. The fourth-order valence-electron chi connectivity index (χ4n) is 3.77. The molecule has 1 aromatic carbocycles. The molecule has 4 rings (SSSR count). The summed E-state index contributed by atoms with van der Waals surface area (Å²) < 4.78 is 16.7. The van der Waals surface area contributed by atoms with Crippen molar-refractivity contribution in [2.45, 2.75) is 32.4 Å². The van der Waals surface area contributed by atoms with Crippen LogP contribution in [0.4, 0.5) is 5.69 Å². The van der Waals surface area contributed by atoms with Crippen molar-refractivity contribution in [1.82, 2.24) is 4.90 Å². The Morgan fingerprint density at radius 1 is 1.12 bits per heavy atom. The highest BCUT2D eigenvalue weighted by molar-refractivity contribution is 6.00. The maximum atomic E-state index is 13.0. The van der Waals surface area contributed by atoms with Gasteiger partial charge in [0.1, 0.15) is 13.2 Å². The van der Waals surface area contributed by atoms with Gasteiger partial charge >= 0.3 is 0 Å². The van der Waals surface area contributed by atoms with Crippen molar-refractivity contribution in [1.29, 1.82) is 0 Å². The van der Waals surface area contributed by atoms with Crippen LogP contribution in [-0.2, 0) is 14.3 Å². The third-order valence-corrected chi connectivity index (χ3v) is 5.20. The lowest BCUT2D eigenvalue weighted by Crippen LogP contribution is -2.52. The second-order valence-electron chi connectivity index (χ2n) is 7.22. The summed E-state index contributed by atoms with van der Waals surface area (Å²) in [5.74, 6) is 1.03. The molecule has 2 saturated heterocycles. The number of fused-ring (bicyclic) bond motifs is 1. The molecule has 0 saturated carbocycles. The number of carbonyl (C=O) groups is 2. The summed E-state index contributed by atoms with van der Waals surface area (Å²) >= 11 is 0. The van der Waals surface area contributed by atoms with Gasteiger partial charge in [-0.1, -0.05) is 0 Å². The third-order valence-electron chi connectivity index (χ3n) is 5.20. The van der Waals surface area contributed by atoms with E-state index in [0.29, 0.717) is 44.4 Å². The van der Waals surface area contributed by atoms with E-state index in [1.54, 1.807) is 4.90 Å². The highest BCUT2D eigenvalue weighted by atomic mass is 16.6. The molecule has 0 aliphatic carbocycles. The number of anilines is 1. The zero-order valence-electron chi connectivity index (χ0n) is 15.1. The zero-order chi connectivity index (χ0) is 18.3. The number of hydrogen-bond donors (Lipinski definition) is 0. The minimum atomic E-state index is -0.316. The first-order valence-electron chi connectivity index (χ1n) is 9.15. The molecule has 3 unspecified atom stereocenters. The maximum Gasteiger partial charge on any atom is 0.228 e. The number of carbonyl (C=O) groups excluding carboxylic acids is 2. The molecule has 3 atom stereocenters. The molecule has 2 amide bonds. The molecule has 7 heteroatoms. The smallest absolute Gasteiger partial charge is 0.228 e. The summed E-state index contributed by atoms with van der Waals surface area (Å²) in [7, 11) is 0. The van der Waals surface area contributed by atoms with E-state index < -0.39 is 0 Å². The zero-order valence-corrected chi connectivity index (χ0v) is 15.1. The number of nitrogens with zero attached hydrogens (tertiary/aromatic N) is 2. The van der Waals surface area contributed by atoms with Gasteiger partial charge in [-0.15, -0.1) is 0 Å². The summed E-state index contributed by atoms with van der Waals surface area (Å²) in [5.41, 5.74) is 0.748. The van der Waals surface area contributed by atoms with Crippen LogP contribution in [-0.4, -0.2) is 61.8 Å². The number of benzene rings is 1. The van der Waals surface area contributed by atoms with Gasteiger partial charge in [0.2, 0.25) is 11.8 Å². The van der Waals surface area contributed by atoms with Crippen molar-refractivity contribution in [3.8, 4) is 11.5 Å². The van der Waals surface area contributed by atoms with Crippen LogP contribution in [0.3, 0.4) is 0 Å². The number of amides is 2. The Morgan fingerprint density at radius 3 is 2.69 bits per heavy atom. The molecule has 140 valence electrons. The largest absolute Gasteiger partial charge is 0.486 e. The van der Waals surface area contributed by atoms with Gasteiger partial charge in [0.15, 0.2) is 11.5 Å². The Balaban J connectivity index is 1.49. The number of rotatable bonds is 2. The van der Waals surface area contributed by atoms with Crippen molar-refractivity contribution in [3.63, 3.8) is 0 Å². The van der Waals surface area contributed by atoms with Crippen LogP contribution in [0.1, 0.15) is 20.3 Å². The summed E-state index contributed by atoms with van der Waals surface area (Å²) in [5, 5.41) is 0. The number of ether oxygens (including phenoxy) is 3. The van der Waals surface area contributed by atoms with E-state index in [2.05, 4.69) is 0 Å². The fraction of sp³-hybridized carbons (Fsp3) is 0.579. The monoisotopic (exact) mass is 360 g/mol. The van der Waals surface area contributed by atoms with Gasteiger partial charge in [0.25, 0.3) is 0 Å². The number of hydrogen-bond acceptors (Lipinski definition) is 5. The van der Waals surface area contributed by atoms with Gasteiger partial charge in [-0.2, -0.15) is 0 Å². The van der Waals surface area contributed by atoms with Gasteiger partial charge in [0.05, 0.1) is 24.7 Å². The molecule has 3 aliphatic rings. The Labute approximate surface area is 152 Å². The fourth-order valence-corrected chi connectivity index (χ4v) is 3.77. The minimum Gasteiger partial charge on any atom is -0.486 e. The quantitative estimate of drug-likeness (QED) is 0.798. The highest BCUT2D eigenvalue weighted by Gasteiger charge is 2.40. The molecule has 3 aliphatic heterocycles. The topological polar surface area (TPSA) is 68.3 Å². The molecule has 26 heavy (non-hydrogen) atoms. The first-order chi connectivity index (χ1) is 12.5. The van der Waals surface area contributed by atoms with Gasteiger partial charge in [-0.25, -0.2) is 0 Å². The second kappa shape index (κ2) is 6.79. The van der Waals surface area contributed by atoms with Gasteiger partial charge < -0.3 is 24.0 Å². The van der Waals surface area contributed by atoms with Crippen molar-refractivity contribution in [2.75, 3.05) is 37.8 Å². The van der Waals surface area contributed by atoms with Gasteiger partial charge in [0, 0.05) is 31.3 Å². The lowest BCUT2D eigenvalue weighted by Gasteiger charge is -2.38. The van der Waals surface area contributed by atoms with Crippen LogP contribution in [0.25, 0.3) is 0 Å². The van der Waals surface area contributed by atoms with E-state index in [1.807, 2.05) is 36.9 Å². The van der Waals surface area contributed by atoms with Crippen molar-refractivity contribution in [2.24, 2.45) is 5.92 Å². The molecule has 0 N–H and O–H groups in total. The predicted molar refractivity (Wildman–Crippen MR) is 94.5 cm³/mol. The molecule has 0 bridgehead atoms. The lowest BCUT2D eigenvalue weighted by atomic mass is 10.0. The summed E-state index contributed by atoms with van der Waals surface area (Å²) in [6, 6.07) is 5.52. The molecular weight excluding hydrogens is 336 g/mol. The average Bonchev–Trinajstić information content (AvgIpc) is 3.04. The van der Waals surface area contributed by atoms with E-state index in [0.717, 1.165) is 5.69 Å². The van der Waals surface area contributed by atoms with Crippen LogP contribution in [0.5, 0.6) is 11.5 Å². The van der Waals surface area contributed by atoms with E-state index >= 15 is 0 Å². The standard InChI is InChI=1S/C19H24N2O5/c1-12-11-26-13(2)9-20(12)19(23)14-7-18(22)21(10-14)15-3-4-16-17(8-15)25-6-5-24-16/h3-4,8,12-14H,5-7,9-11H2,1-2H3. The Bertz CT molecular complexity index is 722. The molecule has 0 spiro atoms. The molecular formula is C19H24N2O5. The van der Waals surface area contributed by atoms with Crippen LogP contribution in [0, 0.1) is 5.92 Å². The molecule has 1 aromatic rings. The van der Waals surface area contributed by atoms with Crippen molar-refractivity contribution < 1.29 is 23.8 Å². The Kier molecular flexibility index (Phi) is 4.48. The van der Waals surface area contributed by atoms with Gasteiger partial charge in [-0.3, -0.25) is 9.59 Å². The normalized spacial score (nSPS) is 28.4. The van der Waals surface area contributed by atoms with Crippen LogP contribution < -0.4 is 14.4 Å². The van der Waals surface area contributed by atoms with Crippen LogP contribution in [0.2, 0.25) is 0 Å². The van der Waals surface area contributed by atoms with Crippen molar-refractivity contribution in [3.05, 3.63) is 18.2 Å². The van der Waals surface area contributed by atoms with E-state index in [4.69, 9.17) is 14.2 Å². The third kappa shape index (κ3) is 3.11. The van der Waals surface area contributed by atoms with Crippen molar-refractivity contribution >= 4 is 17.5 Å². The van der Waals surface area contributed by atoms with Crippen LogP contribution in [0.15, 0.2) is 18.2 Å². The maximum absolute atomic E-state index is 13.0. The molecule has 0 radical (unpaired) electrons. The first kappa shape index (κ1) is 17.1. The van der Waals surface area contributed by atoms with Crippen LogP contribution >= 0.6 is 0 Å². The molecule has 7 nitrogen and oxygen atoms in total.